The van der Waals surface area contributed by atoms with Gasteiger partial charge in [-0.05, 0) is 12.8 Å². The zero-order valence-corrected chi connectivity index (χ0v) is 10.4. The zero-order valence-electron chi connectivity index (χ0n) is 10.4. The van der Waals surface area contributed by atoms with Gasteiger partial charge in [0.05, 0.1) is 6.61 Å². The molecule has 1 saturated carbocycles. The van der Waals surface area contributed by atoms with Crippen LogP contribution >= 0.6 is 0 Å². The lowest BCUT2D eigenvalue weighted by Gasteiger charge is -2.40. The number of esters is 1. The maximum absolute atomic E-state index is 11.5. The lowest BCUT2D eigenvalue weighted by atomic mass is 9.73. The second-order valence-corrected chi connectivity index (χ2v) is 4.98. The molecule has 0 unspecified atom stereocenters. The number of aliphatic hydroxyl groups excluding tert-OH is 3. The quantitative estimate of drug-likeness (QED) is 0.334. The van der Waals surface area contributed by atoms with Gasteiger partial charge in [-0.15, -0.1) is 0 Å². The molecule has 1 aliphatic heterocycles. The molecule has 0 amide bonds. The molecule has 108 valence electrons. The van der Waals surface area contributed by atoms with Gasteiger partial charge in [-0.3, -0.25) is 0 Å². The van der Waals surface area contributed by atoms with Crippen molar-refractivity contribution in [3.05, 3.63) is 11.5 Å². The molecule has 7 heteroatoms. The van der Waals surface area contributed by atoms with Gasteiger partial charge in [0.15, 0.2) is 0 Å². The number of hydrogen-bond acceptors (Lipinski definition) is 7. The van der Waals surface area contributed by atoms with E-state index < -0.39 is 35.8 Å². The Morgan fingerprint density at radius 1 is 1.37 bits per heavy atom. The highest BCUT2D eigenvalue weighted by atomic mass is 17.1. The summed E-state index contributed by atoms with van der Waals surface area (Å²) in [5.74, 6) is -2.76. The number of carbonyl (C=O) groups excluding carboxylic acids is 1. The van der Waals surface area contributed by atoms with E-state index in [0.29, 0.717) is 12.8 Å². The molecule has 0 aromatic rings. The summed E-state index contributed by atoms with van der Waals surface area (Å²) < 4.78 is 5.10. The highest BCUT2D eigenvalue weighted by Gasteiger charge is 2.60. The van der Waals surface area contributed by atoms with Crippen LogP contribution in [0.25, 0.3) is 0 Å². The van der Waals surface area contributed by atoms with Gasteiger partial charge < -0.3 is 24.9 Å². The highest BCUT2D eigenvalue weighted by Crippen LogP contribution is 2.46. The normalized spacial score (nSPS) is 30.4. The van der Waals surface area contributed by atoms with Gasteiger partial charge in [0.2, 0.25) is 17.1 Å². The summed E-state index contributed by atoms with van der Waals surface area (Å²) in [6, 6.07) is 0. The second kappa shape index (κ2) is 5.36. The molecule has 1 fully saturated rings. The van der Waals surface area contributed by atoms with Crippen molar-refractivity contribution >= 4 is 5.97 Å². The minimum absolute atomic E-state index is 0.320. The van der Waals surface area contributed by atoms with Crippen LogP contribution in [-0.2, 0) is 14.4 Å². The van der Waals surface area contributed by atoms with Crippen LogP contribution in [0.5, 0.6) is 0 Å². The van der Waals surface area contributed by atoms with Gasteiger partial charge in [-0.1, -0.05) is 19.3 Å². The Labute approximate surface area is 110 Å². The van der Waals surface area contributed by atoms with E-state index in [1.54, 1.807) is 0 Å². The van der Waals surface area contributed by atoms with Gasteiger partial charge in [-0.25, -0.2) is 10.1 Å². The molecule has 0 saturated heterocycles. The zero-order chi connectivity index (χ0) is 14.0. The molecule has 2 aliphatic rings. The maximum atomic E-state index is 11.5. The Hall–Kier alpha value is -1.31. The maximum Gasteiger partial charge on any atom is 0.378 e. The molecule has 2 rings (SSSR count). The first kappa shape index (κ1) is 14.1. The largest absolute Gasteiger partial charge is 0.499 e. The highest BCUT2D eigenvalue weighted by molar-refractivity contribution is 5.90. The number of carbonyl (C=O) groups is 1. The minimum Gasteiger partial charge on any atom is -0.499 e. The summed E-state index contributed by atoms with van der Waals surface area (Å²) in [6.45, 7) is -0.677. The van der Waals surface area contributed by atoms with Gasteiger partial charge in [0, 0.05) is 5.92 Å². The Morgan fingerprint density at radius 3 is 2.53 bits per heavy atom. The smallest absolute Gasteiger partial charge is 0.378 e. The second-order valence-electron chi connectivity index (χ2n) is 4.98. The fourth-order valence-electron chi connectivity index (χ4n) is 3.07. The van der Waals surface area contributed by atoms with Crippen molar-refractivity contribution in [3.8, 4) is 0 Å². The summed E-state index contributed by atoms with van der Waals surface area (Å²) in [5.41, 5.74) is -1.70. The van der Waals surface area contributed by atoms with Crippen molar-refractivity contribution < 1.29 is 35.0 Å². The predicted octanol–water partition coefficient (Wildman–Crippen LogP) is 0.475. The number of ether oxygens (including phenoxy) is 1. The average Bonchev–Trinajstić information content (AvgIpc) is 2.71. The molecular weight excluding hydrogens is 256 g/mol. The summed E-state index contributed by atoms with van der Waals surface area (Å²) >= 11 is 0. The standard InChI is InChI=1S/C12H18O7/c13-6-8(14)12(7-4-2-1-3-5-7)10(19-17)9(15)11(16)18-12/h7-8,13-15,17H,1-6H2/t8-,12+/m0/s1. The number of hydrogen-bond donors (Lipinski definition) is 4. The van der Waals surface area contributed by atoms with Crippen molar-refractivity contribution in [2.75, 3.05) is 6.61 Å². The summed E-state index contributed by atoms with van der Waals surface area (Å²) in [5, 5.41) is 37.7. The Bertz CT molecular complexity index is 386. The van der Waals surface area contributed by atoms with Crippen LogP contribution in [0.2, 0.25) is 0 Å². The van der Waals surface area contributed by atoms with Gasteiger partial charge >= 0.3 is 5.97 Å². The van der Waals surface area contributed by atoms with Crippen molar-refractivity contribution in [3.63, 3.8) is 0 Å². The lowest BCUT2D eigenvalue weighted by Crippen LogP contribution is -2.53. The first-order valence-corrected chi connectivity index (χ1v) is 6.35. The molecular formula is C12H18O7. The predicted molar refractivity (Wildman–Crippen MR) is 61.9 cm³/mol. The number of rotatable bonds is 4. The van der Waals surface area contributed by atoms with E-state index in [1.165, 1.54) is 0 Å². The summed E-state index contributed by atoms with van der Waals surface area (Å²) in [6.07, 6.45) is 2.60. The van der Waals surface area contributed by atoms with Crippen LogP contribution in [0.3, 0.4) is 0 Å². The molecule has 0 radical (unpaired) electrons. The van der Waals surface area contributed by atoms with E-state index in [2.05, 4.69) is 4.89 Å². The van der Waals surface area contributed by atoms with E-state index in [9.17, 15) is 20.1 Å². The van der Waals surface area contributed by atoms with Crippen LogP contribution in [0.4, 0.5) is 0 Å². The average molecular weight is 274 g/mol. The summed E-state index contributed by atoms with van der Waals surface area (Å²) in [4.78, 5) is 15.6. The third-order valence-corrected chi connectivity index (χ3v) is 4.00. The Kier molecular flexibility index (Phi) is 3.98. The van der Waals surface area contributed by atoms with Gasteiger partial charge in [-0.2, -0.15) is 0 Å². The first-order valence-electron chi connectivity index (χ1n) is 6.35. The first-order chi connectivity index (χ1) is 9.07. The fraction of sp³-hybridized carbons (Fsp3) is 0.750. The summed E-state index contributed by atoms with van der Waals surface area (Å²) in [7, 11) is 0. The van der Waals surface area contributed by atoms with Gasteiger partial charge in [0.25, 0.3) is 0 Å². The fourth-order valence-corrected chi connectivity index (χ4v) is 3.07. The lowest BCUT2D eigenvalue weighted by molar-refractivity contribution is -0.249. The molecule has 19 heavy (non-hydrogen) atoms. The van der Waals surface area contributed by atoms with Crippen LogP contribution in [-0.4, -0.2) is 44.9 Å². The van der Waals surface area contributed by atoms with Crippen molar-refractivity contribution in [2.24, 2.45) is 5.92 Å². The van der Waals surface area contributed by atoms with Crippen molar-refractivity contribution in [2.45, 2.75) is 43.8 Å². The molecule has 0 aromatic heterocycles. The van der Waals surface area contributed by atoms with E-state index in [4.69, 9.17) is 9.99 Å². The van der Waals surface area contributed by atoms with Crippen LogP contribution < -0.4 is 0 Å². The SMILES string of the molecule is O=C1O[C@](C2CCCCC2)([C@@H](O)CO)C(OO)=C1O. The monoisotopic (exact) mass is 274 g/mol. The molecule has 2 atom stereocenters. The Balaban J connectivity index is 2.43. The van der Waals surface area contributed by atoms with E-state index in [1.807, 2.05) is 0 Å². The van der Waals surface area contributed by atoms with E-state index in [0.717, 1.165) is 19.3 Å². The molecule has 1 heterocycles. The van der Waals surface area contributed by atoms with Crippen molar-refractivity contribution in [1.82, 2.24) is 0 Å². The molecule has 0 bridgehead atoms. The van der Waals surface area contributed by atoms with Crippen molar-refractivity contribution in [1.29, 1.82) is 0 Å². The molecule has 7 nitrogen and oxygen atoms in total. The molecule has 4 N–H and O–H groups in total. The number of aliphatic hydroxyl groups is 3. The van der Waals surface area contributed by atoms with Crippen LogP contribution in [0, 0.1) is 5.92 Å². The Morgan fingerprint density at radius 2 is 2.00 bits per heavy atom. The topological polar surface area (TPSA) is 116 Å². The van der Waals surface area contributed by atoms with E-state index in [-0.39, 0.29) is 5.92 Å². The van der Waals surface area contributed by atoms with Crippen LogP contribution in [0.1, 0.15) is 32.1 Å². The molecule has 0 spiro atoms. The van der Waals surface area contributed by atoms with Gasteiger partial charge in [0.1, 0.15) is 6.10 Å². The van der Waals surface area contributed by atoms with E-state index >= 15 is 0 Å². The van der Waals surface area contributed by atoms with Crippen LogP contribution in [0.15, 0.2) is 11.5 Å². The third-order valence-electron chi connectivity index (χ3n) is 4.00. The molecule has 0 aromatic carbocycles. The minimum atomic E-state index is -1.70. The molecule has 1 aliphatic carbocycles. The number of cyclic esters (lactones) is 1. The third kappa shape index (κ3) is 2.07.